The quantitative estimate of drug-likeness (QED) is 0.478. The van der Waals surface area contributed by atoms with Gasteiger partial charge in [-0.15, -0.1) is 0 Å². The van der Waals surface area contributed by atoms with E-state index >= 15 is 0 Å². The van der Waals surface area contributed by atoms with Crippen molar-refractivity contribution >= 4 is 25.1 Å². The molecule has 0 aromatic heterocycles. The van der Waals surface area contributed by atoms with Crippen LogP contribution >= 0.6 is 11.6 Å². The summed E-state index contributed by atoms with van der Waals surface area (Å²) in [5, 5.41) is 0. The average Bonchev–Trinajstić information content (AvgIpc) is 1.67. The molecule has 0 saturated heterocycles. The van der Waals surface area contributed by atoms with Crippen molar-refractivity contribution in [2.45, 2.75) is 11.5 Å². The summed E-state index contributed by atoms with van der Waals surface area (Å²) in [6, 6.07) is 0. The van der Waals surface area contributed by atoms with E-state index in [0.29, 0.717) is 0 Å². The van der Waals surface area contributed by atoms with Crippen LogP contribution in [0.4, 0.5) is 0 Å². The third kappa shape index (κ3) is 2.38. The van der Waals surface area contributed by atoms with E-state index in [1.807, 2.05) is 0 Å². The number of hydrogen-bond acceptors (Lipinski definition) is 1. The van der Waals surface area contributed by atoms with Crippen molar-refractivity contribution in [3.63, 3.8) is 0 Å². The van der Waals surface area contributed by atoms with Crippen molar-refractivity contribution in [1.29, 1.82) is 0 Å². The van der Waals surface area contributed by atoms with Crippen LogP contribution in [0, 0.1) is 0 Å². The first kappa shape index (κ1) is 8.79. The summed E-state index contributed by atoms with van der Waals surface area (Å²) < 4.78 is 3.17. The van der Waals surface area contributed by atoms with Gasteiger partial charge >= 0.3 is 59.3 Å². The molecule has 3 heteroatoms. The van der Waals surface area contributed by atoms with E-state index in [1.165, 1.54) is 0 Å². The molecule has 0 amide bonds. The van der Waals surface area contributed by atoms with Crippen LogP contribution in [0.5, 0.6) is 0 Å². The Morgan fingerprint density at radius 2 is 1.75 bits per heavy atom. The second-order valence-corrected chi connectivity index (χ2v) is 14.3. The minimum atomic E-state index is -1.61. The predicted octanol–water partition coefficient (Wildman–Crippen LogP) is 1.53. The van der Waals surface area contributed by atoms with Crippen LogP contribution < -0.4 is 0 Å². The maximum absolute atomic E-state index is 5.73. The van der Waals surface area contributed by atoms with Gasteiger partial charge in [0.25, 0.3) is 0 Å². The molecule has 1 nitrogen and oxygen atoms in total. The van der Waals surface area contributed by atoms with Gasteiger partial charge in [0, 0.05) is 0 Å². The normalized spacial score (nSPS) is 12.8. The number of nitrogens with zero attached hydrogens (tertiary/aromatic N) is 1. The first-order valence-electron chi connectivity index (χ1n) is 2.74. The third-order valence-electron chi connectivity index (χ3n) is 1.54. The predicted molar refractivity (Wildman–Crippen MR) is 41.9 cm³/mol. The van der Waals surface area contributed by atoms with Gasteiger partial charge < -0.3 is 0 Å². The Bertz CT molecular complexity index is 72.8. The van der Waals surface area contributed by atoms with Crippen molar-refractivity contribution in [2.24, 2.45) is 0 Å². The first-order valence-corrected chi connectivity index (χ1v) is 9.89. The number of rotatable bonds is 2. The van der Waals surface area contributed by atoms with E-state index in [4.69, 9.17) is 11.6 Å². The summed E-state index contributed by atoms with van der Waals surface area (Å²) >= 11 is 4.12. The molecule has 0 aliphatic carbocycles. The Kier molecular flexibility index (Phi) is 3.39. The molecule has 0 spiro atoms. The molecule has 0 unspecified atom stereocenters. The summed E-state index contributed by atoms with van der Waals surface area (Å²) in [4.78, 5) is 0. The van der Waals surface area contributed by atoms with Crippen molar-refractivity contribution in [2.75, 3.05) is 18.8 Å². The summed E-state index contributed by atoms with van der Waals surface area (Å²) in [7, 11) is 4.23. The molecular weight excluding hydrogens is 182 g/mol. The molecule has 8 heavy (non-hydrogen) atoms. The second-order valence-electron chi connectivity index (χ2n) is 2.84. The molecule has 0 atom stereocenters. The van der Waals surface area contributed by atoms with Crippen LogP contribution in [0.3, 0.4) is 0 Å². The van der Waals surface area contributed by atoms with Crippen LogP contribution in [-0.4, -0.2) is 36.2 Å². The van der Waals surface area contributed by atoms with Gasteiger partial charge in [0.15, 0.2) is 0 Å². The third-order valence-corrected chi connectivity index (χ3v) is 11.4. The Hall–Kier alpha value is 0.793. The number of hydrogen-bond donors (Lipinski definition) is 0. The Balaban J connectivity index is 3.71. The van der Waals surface area contributed by atoms with Crippen LogP contribution in [0.1, 0.15) is 0 Å². The molecule has 0 aliphatic heterocycles. The maximum atomic E-state index is 5.73. The topological polar surface area (TPSA) is 3.24 Å². The molecule has 50 valence electrons. The summed E-state index contributed by atoms with van der Waals surface area (Å²) in [5.74, 6) is 4.60. The molecule has 0 aliphatic rings. The van der Waals surface area contributed by atoms with E-state index < -0.39 is 13.5 Å². The van der Waals surface area contributed by atoms with Gasteiger partial charge in [0.05, 0.1) is 0 Å². The summed E-state index contributed by atoms with van der Waals surface area (Å²) in [6.07, 6.45) is 0. The Morgan fingerprint density at radius 1 is 1.38 bits per heavy atom. The SMILES string of the molecule is C[N](C)[Ge]([CH3])([CH3])[CH2]Cl. The molecule has 0 heterocycles. The fourth-order valence-corrected chi connectivity index (χ4v) is 1.86. The molecule has 0 rings (SSSR count). The van der Waals surface area contributed by atoms with Gasteiger partial charge in [-0.25, -0.2) is 0 Å². The average molecular weight is 196 g/mol. The summed E-state index contributed by atoms with van der Waals surface area (Å²) in [5.41, 5.74) is 0. The Labute approximate surface area is 59.6 Å². The molecule has 0 saturated carbocycles. The van der Waals surface area contributed by atoms with Gasteiger partial charge in [-0.05, 0) is 0 Å². The molecule has 0 fully saturated rings. The fraction of sp³-hybridized carbons (Fsp3) is 1.00. The van der Waals surface area contributed by atoms with Crippen LogP contribution in [-0.2, 0) is 0 Å². The van der Waals surface area contributed by atoms with Gasteiger partial charge in [0.2, 0.25) is 0 Å². The van der Waals surface area contributed by atoms with Crippen LogP contribution in [0.15, 0.2) is 0 Å². The summed E-state index contributed by atoms with van der Waals surface area (Å²) in [6.45, 7) is 0. The molecule has 0 bridgehead atoms. The van der Waals surface area contributed by atoms with E-state index in [-0.39, 0.29) is 0 Å². The molecule has 0 radical (unpaired) electrons. The second kappa shape index (κ2) is 3.09. The van der Waals surface area contributed by atoms with Crippen molar-refractivity contribution in [1.82, 2.24) is 3.86 Å². The van der Waals surface area contributed by atoms with E-state index in [2.05, 4.69) is 29.5 Å². The van der Waals surface area contributed by atoms with Gasteiger partial charge in [-0.1, -0.05) is 0 Å². The van der Waals surface area contributed by atoms with E-state index in [0.717, 1.165) is 4.71 Å². The van der Waals surface area contributed by atoms with Crippen molar-refractivity contribution < 1.29 is 0 Å². The minimum absolute atomic E-state index is 0.868. The van der Waals surface area contributed by atoms with E-state index in [1.54, 1.807) is 0 Å². The van der Waals surface area contributed by atoms with Crippen molar-refractivity contribution in [3.05, 3.63) is 0 Å². The number of alkyl halides is 1. The fourth-order valence-electron chi connectivity index (χ4n) is 0.120. The standard InChI is InChI=1S/C5H14ClGeN/c1-7(2,5-6)8(3)4/h5H2,1-4H3. The first-order chi connectivity index (χ1) is 3.50. The monoisotopic (exact) mass is 197 g/mol. The molecule has 0 N–H and O–H groups in total. The zero-order chi connectivity index (χ0) is 6.78. The van der Waals surface area contributed by atoms with Crippen LogP contribution in [0.2, 0.25) is 11.5 Å². The molecule has 0 aromatic carbocycles. The van der Waals surface area contributed by atoms with Gasteiger partial charge in [-0.2, -0.15) is 0 Å². The van der Waals surface area contributed by atoms with Gasteiger partial charge in [-0.3, -0.25) is 0 Å². The zero-order valence-electron chi connectivity index (χ0n) is 6.03. The van der Waals surface area contributed by atoms with Gasteiger partial charge in [0.1, 0.15) is 0 Å². The van der Waals surface area contributed by atoms with Crippen molar-refractivity contribution in [3.8, 4) is 0 Å². The Morgan fingerprint density at radius 3 is 1.75 bits per heavy atom. The zero-order valence-corrected chi connectivity index (χ0v) is 8.89. The molecule has 0 aromatic rings. The molecular formula is C5H14ClGeN. The number of halogens is 1. The van der Waals surface area contributed by atoms with Crippen LogP contribution in [0.25, 0.3) is 0 Å². The van der Waals surface area contributed by atoms with E-state index in [9.17, 15) is 0 Å².